The zero-order valence-corrected chi connectivity index (χ0v) is 11.0. The Morgan fingerprint density at radius 2 is 2.00 bits per heavy atom. The van der Waals surface area contributed by atoms with Gasteiger partial charge in [0.1, 0.15) is 3.74 Å². The number of halogens is 2. The first-order valence-electron chi connectivity index (χ1n) is 3.99. The van der Waals surface area contributed by atoms with Crippen molar-refractivity contribution in [2.45, 2.75) is 3.74 Å². The molecule has 1 aromatic heterocycles. The van der Waals surface area contributed by atoms with E-state index in [2.05, 4.69) is 31.9 Å². The lowest BCUT2D eigenvalue weighted by atomic mass is 10.1. The monoisotopic (exact) mass is 332 g/mol. The molecule has 2 aromatic rings. The minimum atomic E-state index is -0.298. The normalized spacial score (nSPS) is 11.1. The Bertz CT molecular complexity index is 476. The second kappa shape index (κ2) is 4.13. The number of Topliss-reactive ketones (excluding diaryl/α,β-unsaturated/α-hetero) is 1. The van der Waals surface area contributed by atoms with Crippen molar-refractivity contribution in [3.8, 4) is 0 Å². The molecule has 0 saturated heterocycles. The highest BCUT2D eigenvalue weighted by Crippen LogP contribution is 2.28. The van der Waals surface area contributed by atoms with Crippen molar-refractivity contribution in [1.29, 1.82) is 0 Å². The van der Waals surface area contributed by atoms with Gasteiger partial charge >= 0.3 is 0 Å². The van der Waals surface area contributed by atoms with Crippen molar-refractivity contribution in [2.75, 3.05) is 0 Å². The topological polar surface area (TPSA) is 17.1 Å². The minimum absolute atomic E-state index is 0.0717. The van der Waals surface area contributed by atoms with E-state index in [1.165, 1.54) is 0 Å². The molecule has 0 saturated carbocycles. The first-order valence-corrected chi connectivity index (χ1v) is 6.70. The van der Waals surface area contributed by atoms with Crippen molar-refractivity contribution in [3.05, 3.63) is 35.2 Å². The fourth-order valence-electron chi connectivity index (χ4n) is 1.29. The maximum absolute atomic E-state index is 11.7. The molecule has 0 radical (unpaired) electrons. The molecule has 4 heteroatoms. The molecule has 0 aliphatic carbocycles. The van der Waals surface area contributed by atoms with Crippen LogP contribution in [-0.2, 0) is 0 Å². The van der Waals surface area contributed by atoms with Crippen molar-refractivity contribution in [2.24, 2.45) is 0 Å². The molecule has 0 spiro atoms. The number of ketones is 1. The van der Waals surface area contributed by atoms with Crippen LogP contribution in [0.3, 0.4) is 0 Å². The van der Waals surface area contributed by atoms with E-state index in [0.29, 0.717) is 0 Å². The molecule has 0 unspecified atom stereocenters. The van der Waals surface area contributed by atoms with Crippen LogP contribution in [-0.4, -0.2) is 9.52 Å². The Morgan fingerprint density at radius 1 is 1.29 bits per heavy atom. The van der Waals surface area contributed by atoms with Gasteiger partial charge in [0.15, 0.2) is 5.78 Å². The van der Waals surface area contributed by atoms with Gasteiger partial charge in [-0.2, -0.15) is 0 Å². The van der Waals surface area contributed by atoms with E-state index >= 15 is 0 Å². The molecule has 1 aromatic carbocycles. The standard InChI is InChI=1S/C10H6Br2OS/c11-10(12)9(13)7-5-14-8-4-2-1-3-6(7)8/h1-5,10H. The van der Waals surface area contributed by atoms with Crippen LogP contribution in [0.15, 0.2) is 29.6 Å². The van der Waals surface area contributed by atoms with Gasteiger partial charge < -0.3 is 0 Å². The number of fused-ring (bicyclic) bond motifs is 1. The number of carbonyl (C=O) groups excluding carboxylic acids is 1. The summed E-state index contributed by atoms with van der Waals surface area (Å²) in [4.78, 5) is 11.7. The number of benzene rings is 1. The highest BCUT2D eigenvalue weighted by atomic mass is 79.9. The Morgan fingerprint density at radius 3 is 2.71 bits per heavy atom. The lowest BCUT2D eigenvalue weighted by Crippen LogP contribution is -2.05. The predicted molar refractivity (Wildman–Crippen MR) is 67.8 cm³/mol. The number of hydrogen-bond donors (Lipinski definition) is 0. The van der Waals surface area contributed by atoms with Crippen LogP contribution >= 0.6 is 43.2 Å². The molecule has 0 bridgehead atoms. The van der Waals surface area contributed by atoms with E-state index in [1.807, 2.05) is 29.6 Å². The van der Waals surface area contributed by atoms with Gasteiger partial charge in [-0.25, -0.2) is 0 Å². The Labute approximate surface area is 102 Å². The summed E-state index contributed by atoms with van der Waals surface area (Å²) >= 11 is 8.03. The van der Waals surface area contributed by atoms with Crippen LogP contribution in [0.1, 0.15) is 10.4 Å². The van der Waals surface area contributed by atoms with Crippen molar-refractivity contribution < 1.29 is 4.79 Å². The van der Waals surface area contributed by atoms with Crippen molar-refractivity contribution in [1.82, 2.24) is 0 Å². The molecule has 0 aliphatic rings. The second-order valence-corrected chi connectivity index (χ2v) is 6.78. The average molecular weight is 334 g/mol. The molecule has 0 fully saturated rings. The minimum Gasteiger partial charge on any atom is -0.292 e. The quantitative estimate of drug-likeness (QED) is 0.594. The summed E-state index contributed by atoms with van der Waals surface area (Å²) in [6.07, 6.45) is 0. The lowest BCUT2D eigenvalue weighted by Gasteiger charge is -1.98. The Kier molecular flexibility index (Phi) is 3.04. The van der Waals surface area contributed by atoms with E-state index in [-0.39, 0.29) is 9.52 Å². The number of rotatable bonds is 2. The molecular weight excluding hydrogens is 328 g/mol. The molecular formula is C10H6Br2OS. The maximum Gasteiger partial charge on any atom is 0.188 e. The van der Waals surface area contributed by atoms with Gasteiger partial charge in [-0.3, -0.25) is 4.79 Å². The van der Waals surface area contributed by atoms with Gasteiger partial charge in [-0.05, 0) is 6.07 Å². The second-order valence-electron chi connectivity index (χ2n) is 2.81. The summed E-state index contributed by atoms with van der Waals surface area (Å²) < 4.78 is 0.851. The molecule has 0 aliphatic heterocycles. The predicted octanol–water partition coefficient (Wildman–Crippen LogP) is 4.20. The van der Waals surface area contributed by atoms with Gasteiger partial charge in [0.05, 0.1) is 0 Å². The lowest BCUT2D eigenvalue weighted by molar-refractivity contribution is 0.101. The van der Waals surface area contributed by atoms with E-state index in [0.717, 1.165) is 15.6 Å². The molecule has 1 nitrogen and oxygen atoms in total. The van der Waals surface area contributed by atoms with Crippen LogP contribution in [0.2, 0.25) is 0 Å². The van der Waals surface area contributed by atoms with Crippen LogP contribution in [0, 0.1) is 0 Å². The first-order chi connectivity index (χ1) is 6.70. The van der Waals surface area contributed by atoms with Gasteiger partial charge in [0, 0.05) is 21.0 Å². The van der Waals surface area contributed by atoms with E-state index in [1.54, 1.807) is 11.3 Å². The smallest absolute Gasteiger partial charge is 0.188 e. The third kappa shape index (κ3) is 1.78. The summed E-state index contributed by atoms with van der Waals surface area (Å²) in [5, 5.41) is 2.94. The highest BCUT2D eigenvalue weighted by molar-refractivity contribution is 9.25. The van der Waals surface area contributed by atoms with Crippen LogP contribution in [0.5, 0.6) is 0 Å². The van der Waals surface area contributed by atoms with E-state index < -0.39 is 0 Å². The molecule has 0 N–H and O–H groups in total. The summed E-state index contributed by atoms with van der Waals surface area (Å²) in [5.41, 5.74) is 0.782. The number of thiophene rings is 1. The van der Waals surface area contributed by atoms with Crippen LogP contribution in [0.4, 0.5) is 0 Å². The van der Waals surface area contributed by atoms with Gasteiger partial charge in [0.25, 0.3) is 0 Å². The summed E-state index contributed by atoms with van der Waals surface area (Å²) in [5.74, 6) is 0.0717. The highest BCUT2D eigenvalue weighted by Gasteiger charge is 2.16. The largest absolute Gasteiger partial charge is 0.292 e. The molecule has 0 amide bonds. The zero-order chi connectivity index (χ0) is 10.1. The molecule has 1 heterocycles. The SMILES string of the molecule is O=C(c1csc2ccccc12)C(Br)Br. The van der Waals surface area contributed by atoms with Crippen LogP contribution < -0.4 is 0 Å². The number of alkyl halides is 2. The van der Waals surface area contributed by atoms with Gasteiger partial charge in [-0.15, -0.1) is 11.3 Å². The Hall–Kier alpha value is -0.190. The summed E-state index contributed by atoms with van der Waals surface area (Å²) in [7, 11) is 0. The summed E-state index contributed by atoms with van der Waals surface area (Å²) in [6, 6.07) is 7.92. The van der Waals surface area contributed by atoms with Crippen molar-refractivity contribution in [3.63, 3.8) is 0 Å². The number of hydrogen-bond acceptors (Lipinski definition) is 2. The Balaban J connectivity index is 2.58. The maximum atomic E-state index is 11.7. The van der Waals surface area contributed by atoms with Gasteiger partial charge in [0.2, 0.25) is 0 Å². The molecule has 0 atom stereocenters. The zero-order valence-electron chi connectivity index (χ0n) is 7.04. The van der Waals surface area contributed by atoms with Gasteiger partial charge in [-0.1, -0.05) is 50.1 Å². The van der Waals surface area contributed by atoms with Crippen molar-refractivity contribution >= 4 is 59.1 Å². The fraction of sp³-hybridized carbons (Fsp3) is 0.100. The summed E-state index contributed by atoms with van der Waals surface area (Å²) in [6.45, 7) is 0. The third-order valence-corrected chi connectivity index (χ3v) is 3.74. The molecule has 72 valence electrons. The van der Waals surface area contributed by atoms with E-state index in [9.17, 15) is 4.79 Å². The van der Waals surface area contributed by atoms with Crippen LogP contribution in [0.25, 0.3) is 10.1 Å². The average Bonchev–Trinajstić information content (AvgIpc) is 2.60. The van der Waals surface area contributed by atoms with E-state index in [4.69, 9.17) is 0 Å². The number of carbonyl (C=O) groups is 1. The molecule has 14 heavy (non-hydrogen) atoms. The fourth-order valence-corrected chi connectivity index (χ4v) is 2.73. The molecule has 2 rings (SSSR count). The third-order valence-electron chi connectivity index (χ3n) is 1.94. The first kappa shape index (κ1) is 10.3.